The average Bonchev–Trinajstić information content (AvgIpc) is 3.76. The summed E-state index contributed by atoms with van der Waals surface area (Å²) in [5, 5.41) is 2.40. The Balaban J connectivity index is 1.04. The van der Waals surface area contributed by atoms with Crippen molar-refractivity contribution in [3.63, 3.8) is 0 Å². The molecule has 0 bridgehead atoms. The Kier molecular flexibility index (Phi) is 15.9. The van der Waals surface area contributed by atoms with E-state index in [9.17, 15) is 4.79 Å². The largest absolute Gasteiger partial charge is 0.494 e. The van der Waals surface area contributed by atoms with Gasteiger partial charge in [0.05, 0.1) is 36.2 Å². The number of carbonyl (C=O) groups excluding carboxylic acids is 1. The van der Waals surface area contributed by atoms with Crippen LogP contribution >= 0.6 is 22.7 Å². The van der Waals surface area contributed by atoms with Gasteiger partial charge < -0.3 is 14.2 Å². The smallest absolute Gasteiger partial charge is 0.330 e. The first-order chi connectivity index (χ1) is 25.6. The van der Waals surface area contributed by atoms with E-state index in [1.807, 2.05) is 48.5 Å². The third kappa shape index (κ3) is 13.1. The summed E-state index contributed by atoms with van der Waals surface area (Å²) < 4.78 is 19.2. The van der Waals surface area contributed by atoms with Crippen molar-refractivity contribution in [2.24, 2.45) is 0 Å². The molecule has 0 N–H and O–H groups in total. The molecular formula is C44H44O6S2. The standard InChI is InChI=1S/C44H44O6S2/c1-3-25-49-50-29-12-8-7-10-27-47-39-21-15-35(16-22-39)18-24-41-31-37-33-42-36(32-43(37)52-41)30-40(51-42)23-17-34-13-19-38(20-14-34)46-26-9-5-6-11-28-48-44(45)4-2/h3-4,13-16,19-22,30-33H,1-2,5-12,25-29H2. The maximum absolute atomic E-state index is 11.0. The first kappa shape index (κ1) is 38.4. The Morgan fingerprint density at radius 2 is 1.06 bits per heavy atom. The minimum Gasteiger partial charge on any atom is -0.494 e. The number of unbranched alkanes of at least 4 members (excludes halogenated alkanes) is 6. The Labute approximate surface area is 314 Å². The lowest BCUT2D eigenvalue weighted by atomic mass is 10.2. The van der Waals surface area contributed by atoms with Gasteiger partial charge in [-0.15, -0.1) is 29.3 Å². The van der Waals surface area contributed by atoms with Gasteiger partial charge in [0.2, 0.25) is 0 Å². The van der Waals surface area contributed by atoms with Crippen molar-refractivity contribution in [3.05, 3.63) is 119 Å². The van der Waals surface area contributed by atoms with E-state index in [-0.39, 0.29) is 5.97 Å². The maximum atomic E-state index is 11.0. The molecule has 52 heavy (non-hydrogen) atoms. The van der Waals surface area contributed by atoms with E-state index in [1.165, 1.54) is 26.2 Å². The lowest BCUT2D eigenvalue weighted by Crippen LogP contribution is -2.02. The summed E-state index contributed by atoms with van der Waals surface area (Å²) in [5.41, 5.74) is 1.91. The Bertz CT molecular complexity index is 1970. The minimum absolute atomic E-state index is 0.366. The van der Waals surface area contributed by atoms with E-state index in [1.54, 1.807) is 28.7 Å². The molecule has 6 nitrogen and oxygen atoms in total. The van der Waals surface area contributed by atoms with Gasteiger partial charge in [0.25, 0.3) is 0 Å². The summed E-state index contributed by atoms with van der Waals surface area (Å²) in [6, 6.07) is 24.7. The number of fused-ring (bicyclic) bond motifs is 2. The van der Waals surface area contributed by atoms with Gasteiger partial charge in [-0.1, -0.05) is 42.8 Å². The van der Waals surface area contributed by atoms with Gasteiger partial charge in [-0.2, -0.15) is 0 Å². The molecule has 0 aliphatic heterocycles. The number of thiophene rings is 2. The van der Waals surface area contributed by atoms with Crippen LogP contribution in [0.15, 0.2) is 98.1 Å². The van der Waals surface area contributed by atoms with Crippen LogP contribution in [0.5, 0.6) is 11.5 Å². The van der Waals surface area contributed by atoms with E-state index in [0.717, 1.165) is 83.7 Å². The van der Waals surface area contributed by atoms with Crippen molar-refractivity contribution in [2.45, 2.75) is 51.4 Å². The van der Waals surface area contributed by atoms with Crippen LogP contribution in [-0.2, 0) is 19.3 Å². The van der Waals surface area contributed by atoms with Gasteiger partial charge in [0, 0.05) is 26.6 Å². The van der Waals surface area contributed by atoms with Crippen molar-refractivity contribution in [1.82, 2.24) is 0 Å². The average molecular weight is 733 g/mol. The van der Waals surface area contributed by atoms with Gasteiger partial charge >= 0.3 is 5.97 Å². The zero-order valence-electron chi connectivity index (χ0n) is 29.5. The third-order valence-corrected chi connectivity index (χ3v) is 9.93. The number of carbonyl (C=O) groups is 1. The first-order valence-electron chi connectivity index (χ1n) is 17.7. The Morgan fingerprint density at radius 3 is 1.54 bits per heavy atom. The van der Waals surface area contributed by atoms with Crippen LogP contribution in [0.3, 0.4) is 0 Å². The van der Waals surface area contributed by atoms with Crippen molar-refractivity contribution in [1.29, 1.82) is 0 Å². The zero-order chi connectivity index (χ0) is 36.2. The molecule has 0 spiro atoms. The molecular weight excluding hydrogens is 689 g/mol. The summed E-state index contributed by atoms with van der Waals surface area (Å²) in [6.45, 7) is 9.79. The normalized spacial score (nSPS) is 10.6. The second-order valence-corrected chi connectivity index (χ2v) is 14.2. The van der Waals surface area contributed by atoms with Crippen LogP contribution in [0.2, 0.25) is 0 Å². The molecule has 5 aromatic rings. The fourth-order valence-corrected chi connectivity index (χ4v) is 7.07. The number of ether oxygens (including phenoxy) is 3. The van der Waals surface area contributed by atoms with Gasteiger partial charge in [0.1, 0.15) is 18.1 Å². The fraction of sp³-hybridized carbons (Fsp3) is 0.295. The molecule has 0 saturated carbocycles. The van der Waals surface area contributed by atoms with Crippen LogP contribution in [0.1, 0.15) is 72.2 Å². The number of esters is 1. The lowest BCUT2D eigenvalue weighted by Gasteiger charge is -2.06. The highest BCUT2D eigenvalue weighted by Gasteiger charge is 2.06. The van der Waals surface area contributed by atoms with Crippen LogP contribution in [0.4, 0.5) is 0 Å². The molecule has 2 heterocycles. The van der Waals surface area contributed by atoms with Gasteiger partial charge in [0.15, 0.2) is 0 Å². The molecule has 8 heteroatoms. The highest BCUT2D eigenvalue weighted by Crippen LogP contribution is 2.34. The third-order valence-electron chi connectivity index (χ3n) is 7.90. The number of rotatable bonds is 20. The van der Waals surface area contributed by atoms with Crippen LogP contribution < -0.4 is 9.47 Å². The summed E-state index contributed by atoms with van der Waals surface area (Å²) in [5.74, 6) is 14.6. The summed E-state index contributed by atoms with van der Waals surface area (Å²) in [4.78, 5) is 23.1. The summed E-state index contributed by atoms with van der Waals surface area (Å²) >= 11 is 3.42. The Morgan fingerprint density at radius 1 is 0.577 bits per heavy atom. The first-order valence-corrected chi connectivity index (χ1v) is 19.3. The number of benzene rings is 3. The lowest BCUT2D eigenvalue weighted by molar-refractivity contribution is -0.286. The van der Waals surface area contributed by atoms with E-state index in [4.69, 9.17) is 24.0 Å². The number of hydrogen-bond acceptors (Lipinski definition) is 8. The molecule has 5 rings (SSSR count). The van der Waals surface area contributed by atoms with E-state index in [0.29, 0.717) is 33.0 Å². The molecule has 0 aliphatic carbocycles. The molecule has 0 atom stereocenters. The number of hydrogen-bond donors (Lipinski definition) is 0. The predicted octanol–water partition coefficient (Wildman–Crippen LogP) is 10.7. The predicted molar refractivity (Wildman–Crippen MR) is 213 cm³/mol. The molecule has 3 aromatic carbocycles. The summed E-state index contributed by atoms with van der Waals surface area (Å²) in [7, 11) is 0. The topological polar surface area (TPSA) is 63.2 Å². The highest BCUT2D eigenvalue weighted by atomic mass is 32.1. The van der Waals surface area contributed by atoms with Gasteiger partial charge in [-0.25, -0.2) is 14.6 Å². The Hall–Kier alpha value is -4.83. The van der Waals surface area contributed by atoms with E-state index >= 15 is 0 Å². The molecule has 2 aromatic heterocycles. The minimum atomic E-state index is -0.366. The molecule has 0 radical (unpaired) electrons. The maximum Gasteiger partial charge on any atom is 0.330 e. The molecule has 0 unspecified atom stereocenters. The highest BCUT2D eigenvalue weighted by molar-refractivity contribution is 7.21. The quantitative estimate of drug-likeness (QED) is 0.0151. The van der Waals surface area contributed by atoms with Crippen molar-refractivity contribution >= 4 is 48.8 Å². The van der Waals surface area contributed by atoms with Crippen LogP contribution in [0, 0.1) is 23.7 Å². The molecule has 0 aliphatic rings. The molecule has 0 amide bonds. The van der Waals surface area contributed by atoms with E-state index < -0.39 is 0 Å². The van der Waals surface area contributed by atoms with Gasteiger partial charge in [-0.3, -0.25) is 0 Å². The van der Waals surface area contributed by atoms with Crippen LogP contribution in [-0.4, -0.2) is 39.0 Å². The molecule has 268 valence electrons. The fourth-order valence-electron chi connectivity index (χ4n) is 5.17. The SMILES string of the molecule is C=CCOOCCCCCCOc1ccc(C#Cc2cc3cc4sc(C#Cc5ccc(OCCCCCCOC(=O)C=C)cc5)cc4cc3s2)cc1. The van der Waals surface area contributed by atoms with Crippen molar-refractivity contribution in [2.75, 3.05) is 33.0 Å². The molecule has 0 fully saturated rings. The molecule has 0 saturated heterocycles. The van der Waals surface area contributed by atoms with Crippen molar-refractivity contribution in [3.8, 4) is 35.2 Å². The van der Waals surface area contributed by atoms with Crippen LogP contribution in [0.25, 0.3) is 20.2 Å². The monoisotopic (exact) mass is 732 g/mol. The van der Waals surface area contributed by atoms with Crippen molar-refractivity contribution < 1.29 is 28.8 Å². The zero-order valence-corrected chi connectivity index (χ0v) is 31.1. The van der Waals surface area contributed by atoms with Gasteiger partial charge in [-0.05, 0) is 129 Å². The second-order valence-electron chi connectivity index (χ2n) is 12.0. The summed E-state index contributed by atoms with van der Waals surface area (Å²) in [6.07, 6.45) is 10.8. The van der Waals surface area contributed by atoms with E-state index in [2.05, 4.69) is 61.1 Å². The second kappa shape index (κ2) is 21.5.